The first kappa shape index (κ1) is 12.3. The topological polar surface area (TPSA) is 44.8 Å². The summed E-state index contributed by atoms with van der Waals surface area (Å²) in [6.07, 6.45) is 5.38. The van der Waals surface area contributed by atoms with Gasteiger partial charge in [-0.05, 0) is 25.0 Å². The summed E-state index contributed by atoms with van der Waals surface area (Å²) in [6.45, 7) is 4.19. The van der Waals surface area contributed by atoms with Gasteiger partial charge in [0.05, 0.1) is 25.9 Å². The van der Waals surface area contributed by atoms with Gasteiger partial charge in [0.25, 0.3) is 0 Å². The van der Waals surface area contributed by atoms with E-state index in [0.717, 1.165) is 24.2 Å². The number of esters is 1. The van der Waals surface area contributed by atoms with Crippen molar-refractivity contribution >= 4 is 5.97 Å². The molecule has 0 saturated carbocycles. The minimum atomic E-state index is -0.215. The lowest BCUT2D eigenvalue weighted by atomic mass is 10.1. The molecule has 0 aromatic rings. The Balaban J connectivity index is 1.80. The predicted molar refractivity (Wildman–Crippen MR) is 62.6 cm³/mol. The molecule has 2 aliphatic heterocycles. The van der Waals surface area contributed by atoms with Crippen LogP contribution < -0.4 is 0 Å². The van der Waals surface area contributed by atoms with Crippen molar-refractivity contribution in [2.24, 2.45) is 0 Å². The minimum Gasteiger partial charge on any atom is -0.458 e. The van der Waals surface area contributed by atoms with Gasteiger partial charge in [-0.1, -0.05) is 6.08 Å². The monoisotopic (exact) mass is 238 g/mol. The van der Waals surface area contributed by atoms with Gasteiger partial charge >= 0.3 is 5.97 Å². The lowest BCUT2D eigenvalue weighted by Crippen LogP contribution is -2.21. The summed E-state index contributed by atoms with van der Waals surface area (Å²) in [4.78, 5) is 11.8. The van der Waals surface area contributed by atoms with Crippen LogP contribution in [0, 0.1) is 0 Å². The molecule has 0 amide bonds. The molecule has 0 aromatic heterocycles. The molecule has 94 valence electrons. The molecule has 0 fully saturated rings. The van der Waals surface area contributed by atoms with Crippen molar-refractivity contribution in [1.82, 2.24) is 0 Å². The van der Waals surface area contributed by atoms with E-state index in [1.54, 1.807) is 6.08 Å². The molecule has 0 bridgehead atoms. The van der Waals surface area contributed by atoms with Crippen LogP contribution in [0.2, 0.25) is 0 Å². The molecular formula is C13H18O4. The summed E-state index contributed by atoms with van der Waals surface area (Å²) >= 11 is 0. The number of ether oxygens (including phenoxy) is 3. The van der Waals surface area contributed by atoms with Crippen LogP contribution in [0.1, 0.15) is 19.8 Å². The maximum atomic E-state index is 11.8. The highest BCUT2D eigenvalue weighted by molar-refractivity contribution is 5.88. The second-order valence-electron chi connectivity index (χ2n) is 4.34. The van der Waals surface area contributed by atoms with Crippen molar-refractivity contribution in [3.63, 3.8) is 0 Å². The summed E-state index contributed by atoms with van der Waals surface area (Å²) in [5.41, 5.74) is 1.88. The molecule has 1 atom stereocenters. The molecule has 0 aromatic carbocycles. The summed E-state index contributed by atoms with van der Waals surface area (Å²) in [5, 5.41) is 0. The third-order valence-corrected chi connectivity index (χ3v) is 2.93. The molecule has 4 nitrogen and oxygen atoms in total. The van der Waals surface area contributed by atoms with Gasteiger partial charge in [-0.2, -0.15) is 0 Å². The van der Waals surface area contributed by atoms with Crippen LogP contribution in [0.15, 0.2) is 23.3 Å². The van der Waals surface area contributed by atoms with Gasteiger partial charge in [-0.25, -0.2) is 4.79 Å². The maximum absolute atomic E-state index is 11.8. The largest absolute Gasteiger partial charge is 0.458 e. The van der Waals surface area contributed by atoms with Crippen molar-refractivity contribution in [2.45, 2.75) is 25.9 Å². The Hall–Kier alpha value is -1.13. The van der Waals surface area contributed by atoms with Crippen molar-refractivity contribution in [1.29, 1.82) is 0 Å². The fourth-order valence-corrected chi connectivity index (χ4v) is 1.88. The highest BCUT2D eigenvalue weighted by Crippen LogP contribution is 2.16. The fraction of sp³-hybridized carbons (Fsp3) is 0.615. The maximum Gasteiger partial charge on any atom is 0.334 e. The van der Waals surface area contributed by atoms with Crippen molar-refractivity contribution < 1.29 is 19.0 Å². The van der Waals surface area contributed by atoms with E-state index in [9.17, 15) is 4.79 Å². The zero-order valence-corrected chi connectivity index (χ0v) is 10.1. The summed E-state index contributed by atoms with van der Waals surface area (Å²) in [7, 11) is 0. The van der Waals surface area contributed by atoms with E-state index in [-0.39, 0.29) is 12.1 Å². The van der Waals surface area contributed by atoms with E-state index in [1.165, 1.54) is 0 Å². The smallest absolute Gasteiger partial charge is 0.334 e. The van der Waals surface area contributed by atoms with Crippen LogP contribution >= 0.6 is 0 Å². The highest BCUT2D eigenvalue weighted by Gasteiger charge is 2.19. The van der Waals surface area contributed by atoms with Gasteiger partial charge in [0, 0.05) is 12.0 Å². The van der Waals surface area contributed by atoms with Crippen LogP contribution in [-0.2, 0) is 19.0 Å². The van der Waals surface area contributed by atoms with Crippen molar-refractivity contribution in [2.75, 3.05) is 26.4 Å². The summed E-state index contributed by atoms with van der Waals surface area (Å²) in [6, 6.07) is 0. The fourth-order valence-electron chi connectivity index (χ4n) is 1.88. The third-order valence-electron chi connectivity index (χ3n) is 2.93. The molecule has 0 aliphatic carbocycles. The first-order valence-corrected chi connectivity index (χ1v) is 5.99. The second-order valence-corrected chi connectivity index (χ2v) is 4.34. The quantitative estimate of drug-likeness (QED) is 0.553. The van der Waals surface area contributed by atoms with E-state index >= 15 is 0 Å². The standard InChI is InChI=1S/C13H18O4/c1-10-8-12(4-7-16-10)13(14)17-9-11-2-5-15-6-3-11/h2,4,10H,3,5-9H2,1H3. The molecule has 0 spiro atoms. The normalized spacial score (nSPS) is 24.9. The van der Waals surface area contributed by atoms with E-state index in [1.807, 2.05) is 13.0 Å². The third kappa shape index (κ3) is 3.68. The van der Waals surface area contributed by atoms with Crippen LogP contribution in [-0.4, -0.2) is 38.5 Å². The number of carbonyl (C=O) groups excluding carboxylic acids is 1. The molecular weight excluding hydrogens is 220 g/mol. The Bertz CT molecular complexity index is 343. The molecule has 17 heavy (non-hydrogen) atoms. The van der Waals surface area contributed by atoms with Crippen LogP contribution in [0.5, 0.6) is 0 Å². The molecule has 0 radical (unpaired) electrons. The molecule has 0 saturated heterocycles. The Morgan fingerprint density at radius 3 is 3.06 bits per heavy atom. The van der Waals surface area contributed by atoms with E-state index < -0.39 is 0 Å². The van der Waals surface area contributed by atoms with Gasteiger partial charge in [-0.15, -0.1) is 0 Å². The number of hydrogen-bond donors (Lipinski definition) is 0. The first-order chi connectivity index (χ1) is 8.25. The average molecular weight is 238 g/mol. The molecule has 2 heterocycles. The lowest BCUT2D eigenvalue weighted by molar-refractivity contribution is -0.139. The molecule has 0 N–H and O–H groups in total. The van der Waals surface area contributed by atoms with E-state index in [0.29, 0.717) is 26.2 Å². The SMILES string of the molecule is CC1CC(C(=O)OCC2=CCOCC2)=CCO1. The highest BCUT2D eigenvalue weighted by atomic mass is 16.5. The summed E-state index contributed by atoms with van der Waals surface area (Å²) < 4.78 is 15.8. The Labute approximate surface area is 101 Å². The Morgan fingerprint density at radius 1 is 1.47 bits per heavy atom. The number of carbonyl (C=O) groups is 1. The first-order valence-electron chi connectivity index (χ1n) is 5.99. The number of rotatable bonds is 3. The van der Waals surface area contributed by atoms with Crippen molar-refractivity contribution in [3.8, 4) is 0 Å². The van der Waals surface area contributed by atoms with E-state index in [2.05, 4.69) is 0 Å². The molecule has 1 unspecified atom stereocenters. The molecule has 2 aliphatic rings. The summed E-state index contributed by atoms with van der Waals surface area (Å²) in [5.74, 6) is -0.215. The van der Waals surface area contributed by atoms with Crippen molar-refractivity contribution in [3.05, 3.63) is 23.3 Å². The van der Waals surface area contributed by atoms with Gasteiger partial charge in [0.15, 0.2) is 0 Å². The van der Waals surface area contributed by atoms with Crippen LogP contribution in [0.4, 0.5) is 0 Å². The second kappa shape index (κ2) is 5.98. The zero-order valence-electron chi connectivity index (χ0n) is 10.1. The Kier molecular flexibility index (Phi) is 4.34. The minimum absolute atomic E-state index is 0.102. The van der Waals surface area contributed by atoms with Gasteiger partial charge in [-0.3, -0.25) is 0 Å². The van der Waals surface area contributed by atoms with Crippen LogP contribution in [0.25, 0.3) is 0 Å². The Morgan fingerprint density at radius 2 is 2.35 bits per heavy atom. The molecule has 4 heteroatoms. The van der Waals surface area contributed by atoms with E-state index in [4.69, 9.17) is 14.2 Å². The average Bonchev–Trinajstić information content (AvgIpc) is 2.37. The lowest BCUT2D eigenvalue weighted by Gasteiger charge is -2.19. The van der Waals surface area contributed by atoms with Gasteiger partial charge < -0.3 is 14.2 Å². The van der Waals surface area contributed by atoms with Gasteiger partial charge in [0.2, 0.25) is 0 Å². The predicted octanol–water partition coefficient (Wildman–Crippen LogP) is 1.61. The molecule has 2 rings (SSSR count). The zero-order chi connectivity index (χ0) is 12.1. The van der Waals surface area contributed by atoms with Gasteiger partial charge in [0.1, 0.15) is 6.61 Å². The van der Waals surface area contributed by atoms with Crippen LogP contribution in [0.3, 0.4) is 0 Å². The number of hydrogen-bond acceptors (Lipinski definition) is 4.